The maximum atomic E-state index is 12.0. The van der Waals surface area contributed by atoms with Crippen LogP contribution in [0.25, 0.3) is 6.08 Å². The predicted octanol–water partition coefficient (Wildman–Crippen LogP) is 3.96. The minimum Gasteiger partial charge on any atom is -0.486 e. The number of hydrogen-bond donors (Lipinski definition) is 1. The Morgan fingerprint density at radius 1 is 1.36 bits per heavy atom. The normalized spacial score (nSPS) is 13.2. The molecule has 2 heterocycles. The highest BCUT2D eigenvalue weighted by atomic mass is 35.5. The van der Waals surface area contributed by atoms with Gasteiger partial charge in [0.1, 0.15) is 18.2 Å². The first kappa shape index (κ1) is 17.7. The Balaban J connectivity index is 1.62. The molecule has 0 atom stereocenters. The van der Waals surface area contributed by atoms with Crippen molar-refractivity contribution in [1.82, 2.24) is 10.2 Å². The van der Waals surface area contributed by atoms with Gasteiger partial charge in [0.2, 0.25) is 11.0 Å². The summed E-state index contributed by atoms with van der Waals surface area (Å²) in [5.41, 5.74) is 0.755. The van der Waals surface area contributed by atoms with E-state index in [0.29, 0.717) is 34.9 Å². The van der Waals surface area contributed by atoms with E-state index in [1.165, 1.54) is 17.4 Å². The molecule has 1 aliphatic rings. The number of ether oxygens (including phenoxy) is 2. The molecule has 0 aliphatic carbocycles. The number of hydrogen-bond acceptors (Lipinski definition) is 6. The van der Waals surface area contributed by atoms with E-state index in [1.54, 1.807) is 18.2 Å². The van der Waals surface area contributed by atoms with Gasteiger partial charge in [-0.1, -0.05) is 36.3 Å². The van der Waals surface area contributed by atoms with Gasteiger partial charge in [0.05, 0.1) is 5.02 Å². The smallest absolute Gasteiger partial charge is 0.250 e. The van der Waals surface area contributed by atoms with E-state index in [1.807, 2.05) is 0 Å². The minimum atomic E-state index is -0.274. The molecule has 0 bridgehead atoms. The highest BCUT2D eigenvalue weighted by Gasteiger charge is 2.16. The van der Waals surface area contributed by atoms with Gasteiger partial charge < -0.3 is 9.47 Å². The topological polar surface area (TPSA) is 73.3 Å². The van der Waals surface area contributed by atoms with E-state index in [-0.39, 0.29) is 5.91 Å². The predicted molar refractivity (Wildman–Crippen MR) is 98.6 cm³/mol. The van der Waals surface area contributed by atoms with Crippen molar-refractivity contribution in [1.29, 1.82) is 0 Å². The SMILES string of the molecule is CCCCc1nnc(NC(=O)/C=C/c2cc(Cl)c3c(c2)OCCO3)s1. The fourth-order valence-electron chi connectivity index (χ4n) is 2.28. The number of fused-ring (bicyclic) bond motifs is 1. The monoisotopic (exact) mass is 379 g/mol. The van der Waals surface area contributed by atoms with Gasteiger partial charge in [-0.3, -0.25) is 10.1 Å². The van der Waals surface area contributed by atoms with Crippen LogP contribution in [-0.2, 0) is 11.2 Å². The summed E-state index contributed by atoms with van der Waals surface area (Å²) in [6.45, 7) is 3.08. The Morgan fingerprint density at radius 2 is 2.20 bits per heavy atom. The Kier molecular flexibility index (Phi) is 5.88. The number of carbonyl (C=O) groups is 1. The lowest BCUT2D eigenvalue weighted by molar-refractivity contribution is -0.111. The Morgan fingerprint density at radius 3 is 3.04 bits per heavy atom. The molecule has 8 heteroatoms. The molecule has 1 aliphatic heterocycles. The van der Waals surface area contributed by atoms with Gasteiger partial charge in [0.15, 0.2) is 11.5 Å². The molecule has 1 N–H and O–H groups in total. The third-order valence-corrected chi connectivity index (χ3v) is 4.67. The second kappa shape index (κ2) is 8.31. The molecule has 0 fully saturated rings. The molecule has 0 saturated heterocycles. The first-order valence-electron chi connectivity index (χ1n) is 8.06. The highest BCUT2D eigenvalue weighted by molar-refractivity contribution is 7.15. The first-order valence-corrected chi connectivity index (χ1v) is 9.25. The minimum absolute atomic E-state index is 0.274. The van der Waals surface area contributed by atoms with Gasteiger partial charge in [-0.15, -0.1) is 10.2 Å². The summed E-state index contributed by atoms with van der Waals surface area (Å²) in [6.07, 6.45) is 6.14. The van der Waals surface area contributed by atoms with E-state index < -0.39 is 0 Å². The van der Waals surface area contributed by atoms with Crippen molar-refractivity contribution in [2.75, 3.05) is 18.5 Å². The van der Waals surface area contributed by atoms with Gasteiger partial charge in [-0.25, -0.2) is 0 Å². The molecule has 0 radical (unpaired) electrons. The Bertz CT molecular complexity index is 791. The summed E-state index contributed by atoms with van der Waals surface area (Å²) >= 11 is 7.58. The molecule has 25 heavy (non-hydrogen) atoms. The van der Waals surface area contributed by atoms with Gasteiger partial charge in [0, 0.05) is 12.5 Å². The Hall–Kier alpha value is -2.12. The van der Waals surface area contributed by atoms with E-state index >= 15 is 0 Å². The van der Waals surface area contributed by atoms with Crippen LogP contribution in [0.5, 0.6) is 11.5 Å². The van der Waals surface area contributed by atoms with Crippen LogP contribution in [0.15, 0.2) is 18.2 Å². The maximum Gasteiger partial charge on any atom is 0.250 e. The molecule has 2 aromatic rings. The third-order valence-electron chi connectivity index (χ3n) is 3.49. The van der Waals surface area contributed by atoms with E-state index in [4.69, 9.17) is 21.1 Å². The lowest BCUT2D eigenvalue weighted by Gasteiger charge is -2.19. The molecule has 0 spiro atoms. The van der Waals surface area contributed by atoms with Crippen molar-refractivity contribution in [3.63, 3.8) is 0 Å². The summed E-state index contributed by atoms with van der Waals surface area (Å²) in [6, 6.07) is 3.52. The van der Waals surface area contributed by atoms with Gasteiger partial charge in [-0.2, -0.15) is 0 Å². The Labute approximate surface area is 154 Å². The summed E-state index contributed by atoms with van der Waals surface area (Å²) in [4.78, 5) is 12.0. The number of amides is 1. The molecule has 3 rings (SSSR count). The number of anilines is 1. The molecular weight excluding hydrogens is 362 g/mol. The maximum absolute atomic E-state index is 12.0. The van der Waals surface area contributed by atoms with E-state index in [2.05, 4.69) is 22.4 Å². The molecule has 1 amide bonds. The summed E-state index contributed by atoms with van der Waals surface area (Å²) in [5.74, 6) is 0.857. The number of aromatic nitrogens is 2. The lowest BCUT2D eigenvalue weighted by atomic mass is 10.1. The number of nitrogens with one attached hydrogen (secondary N) is 1. The van der Waals surface area contributed by atoms with Crippen LogP contribution < -0.4 is 14.8 Å². The van der Waals surface area contributed by atoms with E-state index in [0.717, 1.165) is 29.8 Å². The molecular formula is C17H18ClN3O3S. The van der Waals surface area contributed by atoms with Crippen LogP contribution in [0.1, 0.15) is 30.3 Å². The molecule has 0 unspecified atom stereocenters. The van der Waals surface area contributed by atoms with Crippen LogP contribution in [0.2, 0.25) is 5.02 Å². The summed E-state index contributed by atoms with van der Waals surface area (Å²) in [7, 11) is 0. The van der Waals surface area contributed by atoms with Crippen molar-refractivity contribution >= 4 is 40.1 Å². The summed E-state index contributed by atoms with van der Waals surface area (Å²) in [5, 5.41) is 12.7. The summed E-state index contributed by atoms with van der Waals surface area (Å²) < 4.78 is 11.0. The number of carbonyl (C=O) groups excluding carboxylic acids is 1. The number of aryl methyl sites for hydroxylation is 1. The van der Waals surface area contributed by atoms with Crippen LogP contribution in [-0.4, -0.2) is 29.3 Å². The van der Waals surface area contributed by atoms with Crippen molar-refractivity contribution in [2.45, 2.75) is 26.2 Å². The fourth-order valence-corrected chi connectivity index (χ4v) is 3.34. The van der Waals surface area contributed by atoms with Crippen molar-refractivity contribution in [3.8, 4) is 11.5 Å². The highest BCUT2D eigenvalue weighted by Crippen LogP contribution is 2.38. The molecule has 1 aromatic heterocycles. The van der Waals surface area contributed by atoms with E-state index in [9.17, 15) is 4.79 Å². The largest absolute Gasteiger partial charge is 0.486 e. The number of rotatable bonds is 6. The first-order chi connectivity index (χ1) is 12.2. The molecule has 132 valence electrons. The van der Waals surface area contributed by atoms with Crippen LogP contribution in [0.3, 0.4) is 0 Å². The number of benzene rings is 1. The second-order valence-corrected chi connectivity index (χ2v) is 6.92. The lowest BCUT2D eigenvalue weighted by Crippen LogP contribution is -2.15. The zero-order valence-corrected chi connectivity index (χ0v) is 15.3. The third kappa shape index (κ3) is 4.70. The van der Waals surface area contributed by atoms with Gasteiger partial charge in [0.25, 0.3) is 0 Å². The standard InChI is InChI=1S/C17H18ClN3O3S/c1-2-3-4-15-20-21-17(25-15)19-14(22)6-5-11-9-12(18)16-13(10-11)23-7-8-24-16/h5-6,9-10H,2-4,7-8H2,1H3,(H,19,21,22)/b6-5+. The zero-order chi connectivity index (χ0) is 17.6. The number of unbranched alkanes of at least 4 members (excludes halogenated alkanes) is 1. The fraction of sp³-hybridized carbons (Fsp3) is 0.353. The van der Waals surface area contributed by atoms with Crippen LogP contribution in [0, 0.1) is 0 Å². The van der Waals surface area contributed by atoms with Crippen molar-refractivity contribution < 1.29 is 14.3 Å². The molecule has 0 saturated carbocycles. The average Bonchev–Trinajstić information content (AvgIpc) is 3.05. The van der Waals surface area contributed by atoms with Crippen molar-refractivity contribution in [2.24, 2.45) is 0 Å². The van der Waals surface area contributed by atoms with Gasteiger partial charge >= 0.3 is 0 Å². The van der Waals surface area contributed by atoms with Crippen molar-refractivity contribution in [3.05, 3.63) is 33.8 Å². The molecule has 1 aromatic carbocycles. The van der Waals surface area contributed by atoms with Crippen LogP contribution in [0.4, 0.5) is 5.13 Å². The number of halogens is 1. The average molecular weight is 380 g/mol. The second-order valence-electron chi connectivity index (χ2n) is 5.45. The quantitative estimate of drug-likeness (QED) is 0.769. The number of nitrogens with zero attached hydrogens (tertiary/aromatic N) is 2. The zero-order valence-electron chi connectivity index (χ0n) is 13.8. The van der Waals surface area contributed by atoms with Gasteiger partial charge in [-0.05, 0) is 30.2 Å². The molecule has 6 nitrogen and oxygen atoms in total. The van der Waals surface area contributed by atoms with Crippen LogP contribution >= 0.6 is 22.9 Å².